The number of nitrogens with one attached hydrogen (secondary N) is 1. The highest BCUT2D eigenvalue weighted by Crippen LogP contribution is 2.29. The minimum atomic E-state index is -4.15. The number of nitrogens with two attached hydrogens (primary N) is 1. The van der Waals surface area contributed by atoms with E-state index < -0.39 is 5.51 Å². The molecule has 0 aliphatic carbocycles. The molecule has 0 rings (SSSR count). The molecule has 0 saturated heterocycles. The second-order valence-corrected chi connectivity index (χ2v) is 6.03. The molecular weight excluding hydrogens is 279 g/mol. The van der Waals surface area contributed by atoms with E-state index in [1.54, 1.807) is 0 Å². The predicted molar refractivity (Wildman–Crippen MR) is 72.4 cm³/mol. The average Bonchev–Trinajstić information content (AvgIpc) is 2.30. The van der Waals surface area contributed by atoms with Crippen LogP contribution in [0.15, 0.2) is 5.16 Å². The zero-order valence-electron chi connectivity index (χ0n) is 11.3. The zero-order valence-corrected chi connectivity index (χ0v) is 12.1. The molecule has 0 spiro atoms. The second-order valence-electron chi connectivity index (χ2n) is 4.87. The predicted octanol–water partition coefficient (Wildman–Crippen LogP) is 2.77. The lowest BCUT2D eigenvalue weighted by Crippen LogP contribution is -2.32. The van der Waals surface area contributed by atoms with Crippen molar-refractivity contribution in [3.63, 3.8) is 0 Å². The summed E-state index contributed by atoms with van der Waals surface area (Å²) >= 11 is -0.0140. The monoisotopic (exact) mass is 301 g/mol. The molecule has 4 N–H and O–H groups in total. The fourth-order valence-electron chi connectivity index (χ4n) is 1.44. The van der Waals surface area contributed by atoms with Crippen molar-refractivity contribution < 1.29 is 18.4 Å². The van der Waals surface area contributed by atoms with Gasteiger partial charge in [0.1, 0.15) is 5.84 Å². The number of oxime groups is 1. The summed E-state index contributed by atoms with van der Waals surface area (Å²) in [5, 5.41) is 14.5. The van der Waals surface area contributed by atoms with Crippen LogP contribution in [0, 0.1) is 5.41 Å². The van der Waals surface area contributed by atoms with Gasteiger partial charge < -0.3 is 16.3 Å². The molecule has 0 aliphatic rings. The minimum absolute atomic E-state index is 0.0140. The summed E-state index contributed by atoms with van der Waals surface area (Å²) in [5.74, 6) is 0.223. The summed E-state index contributed by atoms with van der Waals surface area (Å²) < 4.78 is 35.5. The van der Waals surface area contributed by atoms with Gasteiger partial charge in [-0.3, -0.25) is 0 Å². The van der Waals surface area contributed by atoms with E-state index >= 15 is 0 Å². The number of thioether (sulfide) groups is 1. The van der Waals surface area contributed by atoms with Gasteiger partial charge in [-0.05, 0) is 31.1 Å². The molecule has 0 heterocycles. The van der Waals surface area contributed by atoms with Crippen molar-refractivity contribution in [3.05, 3.63) is 0 Å². The molecule has 0 amide bonds. The Kier molecular flexibility index (Phi) is 8.24. The second kappa shape index (κ2) is 8.52. The van der Waals surface area contributed by atoms with E-state index in [2.05, 4.69) is 10.5 Å². The number of alkyl halides is 3. The number of rotatable bonds is 9. The van der Waals surface area contributed by atoms with Crippen molar-refractivity contribution in [1.29, 1.82) is 0 Å². The van der Waals surface area contributed by atoms with Crippen LogP contribution < -0.4 is 11.1 Å². The summed E-state index contributed by atoms with van der Waals surface area (Å²) in [4.78, 5) is 0. The van der Waals surface area contributed by atoms with Gasteiger partial charge in [0.15, 0.2) is 0 Å². The molecule has 0 radical (unpaired) electrons. The fourth-order valence-corrected chi connectivity index (χ4v) is 1.92. The molecule has 0 aromatic carbocycles. The van der Waals surface area contributed by atoms with E-state index in [9.17, 15) is 13.2 Å². The van der Waals surface area contributed by atoms with Crippen molar-refractivity contribution in [3.8, 4) is 0 Å². The van der Waals surface area contributed by atoms with Gasteiger partial charge in [-0.25, -0.2) is 0 Å². The van der Waals surface area contributed by atoms with Crippen molar-refractivity contribution >= 4 is 17.6 Å². The fraction of sp³-hybridized carbons (Fsp3) is 0.909. The van der Waals surface area contributed by atoms with Gasteiger partial charge in [0.25, 0.3) is 0 Å². The molecule has 0 aromatic rings. The van der Waals surface area contributed by atoms with Gasteiger partial charge in [-0.1, -0.05) is 25.4 Å². The normalized spacial score (nSPS) is 13.8. The SMILES string of the molecule is CC(C)(CCCCNCCSC(F)(F)F)C(N)=NO. The van der Waals surface area contributed by atoms with Crippen molar-refractivity contribution in [2.24, 2.45) is 16.3 Å². The van der Waals surface area contributed by atoms with Gasteiger partial charge in [0.05, 0.1) is 0 Å². The van der Waals surface area contributed by atoms with Crippen molar-refractivity contribution in [2.75, 3.05) is 18.8 Å². The molecule has 4 nitrogen and oxygen atoms in total. The van der Waals surface area contributed by atoms with E-state index in [1.807, 2.05) is 13.8 Å². The van der Waals surface area contributed by atoms with Crippen LogP contribution in [-0.4, -0.2) is 35.4 Å². The molecule has 114 valence electrons. The summed E-state index contributed by atoms with van der Waals surface area (Å²) in [6.45, 7) is 4.78. The molecule has 0 unspecified atom stereocenters. The number of unbranched alkanes of at least 4 members (excludes halogenated alkanes) is 1. The first-order chi connectivity index (χ1) is 8.69. The molecule has 0 saturated carbocycles. The maximum atomic E-state index is 11.8. The molecule has 0 aromatic heterocycles. The average molecular weight is 301 g/mol. The van der Waals surface area contributed by atoms with Gasteiger partial charge in [-0.2, -0.15) is 13.2 Å². The lowest BCUT2D eigenvalue weighted by molar-refractivity contribution is -0.0327. The smallest absolute Gasteiger partial charge is 0.409 e. The lowest BCUT2D eigenvalue weighted by Gasteiger charge is -2.22. The Morgan fingerprint density at radius 1 is 1.26 bits per heavy atom. The third kappa shape index (κ3) is 9.89. The summed E-state index contributed by atoms with van der Waals surface area (Å²) in [7, 11) is 0. The van der Waals surface area contributed by atoms with Crippen molar-refractivity contribution in [1.82, 2.24) is 5.32 Å². The maximum absolute atomic E-state index is 11.8. The molecule has 19 heavy (non-hydrogen) atoms. The number of amidine groups is 1. The molecule has 0 atom stereocenters. The van der Waals surface area contributed by atoms with E-state index in [4.69, 9.17) is 10.9 Å². The summed E-state index contributed by atoms with van der Waals surface area (Å²) in [5.41, 5.74) is 1.04. The minimum Gasteiger partial charge on any atom is -0.409 e. The Bertz CT molecular complexity index is 283. The standard InChI is InChI=1S/C11H22F3N3OS/c1-10(2,9(15)17-18)5-3-4-6-16-7-8-19-11(12,13)14/h16,18H,3-8H2,1-2H3,(H2,15,17). The van der Waals surface area contributed by atoms with Gasteiger partial charge in [-0.15, -0.1) is 0 Å². The van der Waals surface area contributed by atoms with Crippen LogP contribution in [0.1, 0.15) is 33.1 Å². The van der Waals surface area contributed by atoms with E-state index in [0.29, 0.717) is 13.1 Å². The van der Waals surface area contributed by atoms with Gasteiger partial charge in [0, 0.05) is 17.7 Å². The van der Waals surface area contributed by atoms with E-state index in [-0.39, 0.29) is 28.8 Å². The number of halogens is 3. The third-order valence-electron chi connectivity index (χ3n) is 2.75. The highest BCUT2D eigenvalue weighted by Gasteiger charge is 2.27. The van der Waals surface area contributed by atoms with Gasteiger partial charge >= 0.3 is 5.51 Å². The molecule has 0 bridgehead atoms. The highest BCUT2D eigenvalue weighted by atomic mass is 32.2. The first-order valence-electron chi connectivity index (χ1n) is 6.08. The Morgan fingerprint density at radius 2 is 1.89 bits per heavy atom. The van der Waals surface area contributed by atoms with Crippen LogP contribution in [0.3, 0.4) is 0 Å². The summed E-state index contributed by atoms with van der Waals surface area (Å²) in [6.07, 6.45) is 2.48. The zero-order chi connectivity index (χ0) is 14.9. The van der Waals surface area contributed by atoms with Crippen LogP contribution in [-0.2, 0) is 0 Å². The summed E-state index contributed by atoms with van der Waals surface area (Å²) in [6, 6.07) is 0. The Balaban J connectivity index is 3.51. The van der Waals surface area contributed by atoms with Crippen LogP contribution in [0.25, 0.3) is 0 Å². The van der Waals surface area contributed by atoms with Gasteiger partial charge in [0.2, 0.25) is 0 Å². The van der Waals surface area contributed by atoms with Crippen LogP contribution in [0.4, 0.5) is 13.2 Å². The van der Waals surface area contributed by atoms with Crippen LogP contribution in [0.5, 0.6) is 0 Å². The largest absolute Gasteiger partial charge is 0.441 e. The number of nitrogens with zero attached hydrogens (tertiary/aromatic N) is 1. The number of hydrogen-bond acceptors (Lipinski definition) is 4. The highest BCUT2D eigenvalue weighted by molar-refractivity contribution is 8.00. The maximum Gasteiger partial charge on any atom is 0.441 e. The first-order valence-corrected chi connectivity index (χ1v) is 7.07. The first kappa shape index (κ1) is 18.4. The van der Waals surface area contributed by atoms with Crippen LogP contribution in [0.2, 0.25) is 0 Å². The van der Waals surface area contributed by atoms with E-state index in [0.717, 1.165) is 19.3 Å². The lowest BCUT2D eigenvalue weighted by atomic mass is 9.86. The number of hydrogen-bond donors (Lipinski definition) is 3. The quantitative estimate of drug-likeness (QED) is 0.201. The molecular formula is C11H22F3N3OS. The topological polar surface area (TPSA) is 70.6 Å². The molecule has 0 fully saturated rings. The Labute approximate surface area is 116 Å². The molecule has 8 heteroatoms. The van der Waals surface area contributed by atoms with Crippen molar-refractivity contribution in [2.45, 2.75) is 38.6 Å². The molecule has 0 aliphatic heterocycles. The van der Waals surface area contributed by atoms with E-state index in [1.165, 1.54) is 0 Å². The third-order valence-corrected chi connectivity index (χ3v) is 3.49. The Morgan fingerprint density at radius 3 is 2.42 bits per heavy atom. The van der Waals surface area contributed by atoms with Crippen LogP contribution >= 0.6 is 11.8 Å². The Hall–Kier alpha value is -0.630.